The number of carboxylic acids is 1. The fourth-order valence-corrected chi connectivity index (χ4v) is 5.68. The molecule has 4 unspecified atom stereocenters. The maximum atomic E-state index is 11.8. The number of hydrogen-bond donors (Lipinski definition) is 1. The average molecular weight is 611 g/mol. The molecule has 0 bridgehead atoms. The monoisotopic (exact) mass is 610 g/mol. The van der Waals surface area contributed by atoms with E-state index in [4.69, 9.17) is 25.3 Å². The minimum absolute atomic E-state index is 0. The molecule has 11 nitrogen and oxygen atoms in total. The molecule has 40 heavy (non-hydrogen) atoms. The van der Waals surface area contributed by atoms with E-state index in [1.165, 1.54) is 38.5 Å². The molecule has 231 valence electrons. The molecule has 0 aromatic heterocycles. The van der Waals surface area contributed by atoms with Gasteiger partial charge in [0.15, 0.2) is 0 Å². The average Bonchev–Trinajstić information content (AvgIpc) is 2.93. The van der Waals surface area contributed by atoms with Crippen molar-refractivity contribution in [1.29, 1.82) is 0 Å². The van der Waals surface area contributed by atoms with Crippen LogP contribution >= 0.6 is 0 Å². The Hall–Kier alpha value is -2.05. The molecule has 1 radical (unpaired) electrons. The van der Waals surface area contributed by atoms with Gasteiger partial charge in [0.2, 0.25) is 0 Å². The quantitative estimate of drug-likeness (QED) is 0.229. The Kier molecular flexibility index (Phi) is 19.7. The minimum atomic E-state index is -1.08. The third-order valence-electron chi connectivity index (χ3n) is 7.52. The molecule has 4 atom stereocenters. The van der Waals surface area contributed by atoms with Crippen molar-refractivity contribution < 1.29 is 47.8 Å². The number of carbonyl (C=O) groups excluding carboxylic acids is 1. The van der Waals surface area contributed by atoms with Crippen LogP contribution in [0, 0.1) is 17.8 Å². The zero-order valence-electron chi connectivity index (χ0n) is 23.5. The zero-order chi connectivity index (χ0) is 26.5. The van der Waals surface area contributed by atoms with Gasteiger partial charge in [-0.2, -0.15) is 10.2 Å². The number of benzene rings is 1. The van der Waals surface area contributed by atoms with Crippen LogP contribution in [-0.4, -0.2) is 74.4 Å². The van der Waals surface area contributed by atoms with E-state index in [1.54, 1.807) is 13.3 Å². The fraction of sp³-hybridized carbons (Fsp3) is 0.679. The van der Waals surface area contributed by atoms with Crippen molar-refractivity contribution in [2.24, 2.45) is 28.0 Å². The molecule has 0 spiro atoms. The summed E-state index contributed by atoms with van der Waals surface area (Å²) in [5.74, 6) is 1.36. The number of piperidine rings is 3. The normalized spacial score (nSPS) is 25.9. The van der Waals surface area contributed by atoms with E-state index in [9.17, 15) is 5.11 Å². The molecule has 1 saturated carbocycles. The number of carbonyl (C=O) groups is 1. The van der Waals surface area contributed by atoms with Crippen LogP contribution in [0.4, 0.5) is 0 Å². The summed E-state index contributed by atoms with van der Waals surface area (Å²) >= 11 is 0. The Bertz CT molecular complexity index is 874. The maximum Gasteiger partial charge on any atom is 2.00 e. The molecule has 3 heterocycles. The van der Waals surface area contributed by atoms with Crippen molar-refractivity contribution in [3.63, 3.8) is 0 Å². The summed E-state index contributed by atoms with van der Waals surface area (Å²) < 4.78 is 5.11. The van der Waals surface area contributed by atoms with Crippen LogP contribution in [0.5, 0.6) is 5.75 Å². The van der Waals surface area contributed by atoms with Crippen LogP contribution in [0.1, 0.15) is 63.9 Å². The number of hydrogen-bond acceptors (Lipinski definition) is 7. The summed E-state index contributed by atoms with van der Waals surface area (Å²) in [4.78, 5) is 8.89. The molecule has 3 aliphatic heterocycles. The van der Waals surface area contributed by atoms with Crippen molar-refractivity contribution in [3.8, 4) is 5.75 Å². The van der Waals surface area contributed by atoms with Gasteiger partial charge in [0.05, 0.1) is 13.3 Å². The number of rotatable bonds is 4. The van der Waals surface area contributed by atoms with Crippen molar-refractivity contribution in [1.82, 2.24) is 5.32 Å². The van der Waals surface area contributed by atoms with Gasteiger partial charge in [0, 0.05) is 5.97 Å². The molecule has 1 aromatic rings. The van der Waals surface area contributed by atoms with Crippen molar-refractivity contribution in [2.75, 3.05) is 33.3 Å². The van der Waals surface area contributed by atoms with Crippen LogP contribution in [-0.2, 0) is 21.9 Å². The van der Waals surface area contributed by atoms with E-state index in [0.29, 0.717) is 12.1 Å². The molecule has 1 aromatic carbocycles. The second-order valence-electron chi connectivity index (χ2n) is 10.2. The Labute approximate surface area is 248 Å². The summed E-state index contributed by atoms with van der Waals surface area (Å²) in [5, 5.41) is 41.2. The van der Waals surface area contributed by atoms with Crippen LogP contribution in [0.3, 0.4) is 0 Å². The van der Waals surface area contributed by atoms with E-state index in [1.807, 2.05) is 24.3 Å². The number of nitrogens with one attached hydrogen (secondary N) is 1. The van der Waals surface area contributed by atoms with Crippen molar-refractivity contribution >= 4 is 18.1 Å². The standard InChI is InChI=1S/C14H19N3O2.C12H20N2.C2H4O2.Cu.2H2O/c1-19-13-4-2-3-11(9-13)10-16-17-14(18)12-5-7-15-8-6-12;1-3-9-5-6-10-4-2-8-14-12(10)11(9)13-7-1;1-2(3)4;;;/h2-4,9-10,12,15H,5-8H2,1H3,(H,17,18);9-12H,1-8H2;1H3,(H,3,4);;2*1H2/q;-2;;+2;;/p-2/b16-10-;;;;;. The molecule has 0 amide bonds. The van der Waals surface area contributed by atoms with Crippen LogP contribution < -0.4 is 20.3 Å². The van der Waals surface area contributed by atoms with E-state index in [-0.39, 0.29) is 39.8 Å². The maximum absolute atomic E-state index is 11.8. The molecular weight excluding hydrogens is 566 g/mol. The molecule has 1 aliphatic carbocycles. The number of aliphatic carboxylic acids is 1. The first kappa shape index (κ1) is 37.9. The molecule has 4 aliphatic rings. The van der Waals surface area contributed by atoms with Crippen LogP contribution in [0.15, 0.2) is 34.5 Å². The van der Waals surface area contributed by atoms with Crippen LogP contribution in [0.2, 0.25) is 0 Å². The first-order chi connectivity index (χ1) is 18.0. The minimum Gasteiger partial charge on any atom is -0.860 e. The van der Waals surface area contributed by atoms with Gasteiger partial charge in [-0.3, -0.25) is 0 Å². The summed E-state index contributed by atoms with van der Waals surface area (Å²) in [6, 6.07) is 8.71. The first-order valence-electron chi connectivity index (χ1n) is 13.6. The number of methoxy groups -OCH3 is 1. The van der Waals surface area contributed by atoms with Crippen molar-refractivity contribution in [2.45, 2.75) is 70.4 Å². The molecule has 3 saturated heterocycles. The third kappa shape index (κ3) is 12.6. The molecule has 4 fully saturated rings. The van der Waals surface area contributed by atoms with Crippen molar-refractivity contribution in [3.05, 3.63) is 40.5 Å². The number of nitrogens with zero attached hydrogens (tertiary/aromatic N) is 4. The topological polar surface area (TPSA) is 200 Å². The fourth-order valence-electron chi connectivity index (χ4n) is 5.68. The molecule has 12 heteroatoms. The second-order valence-corrected chi connectivity index (χ2v) is 10.2. The van der Waals surface area contributed by atoms with Gasteiger partial charge in [0.1, 0.15) is 5.75 Å². The largest absolute Gasteiger partial charge is 2.00 e. The smallest absolute Gasteiger partial charge is 0.860 e. The van der Waals surface area contributed by atoms with Gasteiger partial charge in [-0.15, -0.1) is 25.2 Å². The second kappa shape index (κ2) is 20.8. The third-order valence-corrected chi connectivity index (χ3v) is 7.52. The van der Waals surface area contributed by atoms with Gasteiger partial charge in [-0.1, -0.05) is 62.5 Å². The van der Waals surface area contributed by atoms with Gasteiger partial charge < -0.3 is 46.6 Å². The molecule has 5 rings (SSSR count). The molecular formula is C28H45CuN5O6-2. The van der Waals surface area contributed by atoms with E-state index in [0.717, 1.165) is 69.1 Å². The molecule has 5 N–H and O–H groups in total. The van der Waals surface area contributed by atoms with Gasteiger partial charge in [-0.25, -0.2) is 0 Å². The summed E-state index contributed by atoms with van der Waals surface area (Å²) in [6.07, 6.45) is 11.6. The number of carboxylic acid groups (broad SMARTS) is 1. The van der Waals surface area contributed by atoms with Gasteiger partial charge >= 0.3 is 17.1 Å². The predicted molar refractivity (Wildman–Crippen MR) is 150 cm³/mol. The Morgan fingerprint density at radius 2 is 1.52 bits per heavy atom. The SMILES string of the molecule is C1C[N-]C2C(C1)CCC1CCC[N-]C12.CC(=O)[O-].COc1cccc(/C=N\N=C(/[O-])C2CCNCC2)c1.O.O.[Cu+2]. The Morgan fingerprint density at radius 1 is 0.975 bits per heavy atom. The first-order valence-corrected chi connectivity index (χ1v) is 13.6. The van der Waals surface area contributed by atoms with Crippen LogP contribution in [0.25, 0.3) is 10.6 Å². The zero-order valence-corrected chi connectivity index (χ0v) is 24.4. The van der Waals surface area contributed by atoms with E-state index < -0.39 is 5.97 Å². The van der Waals surface area contributed by atoms with E-state index in [2.05, 4.69) is 15.5 Å². The number of fused-ring (bicyclic) bond motifs is 3. The summed E-state index contributed by atoms with van der Waals surface area (Å²) in [5.41, 5.74) is 0.862. The Morgan fingerprint density at radius 3 is 2.05 bits per heavy atom. The van der Waals surface area contributed by atoms with Gasteiger partial charge in [0.25, 0.3) is 0 Å². The predicted octanol–water partition coefficient (Wildman–Crippen LogP) is 0.977. The van der Waals surface area contributed by atoms with E-state index >= 15 is 0 Å². The summed E-state index contributed by atoms with van der Waals surface area (Å²) in [7, 11) is 1.61. The summed E-state index contributed by atoms with van der Waals surface area (Å²) in [6.45, 7) is 4.96. The van der Waals surface area contributed by atoms with Gasteiger partial charge in [-0.05, 0) is 62.4 Å². The Balaban J connectivity index is 0.000000644. The number of ether oxygens (including phenoxy) is 1.